The summed E-state index contributed by atoms with van der Waals surface area (Å²) in [6, 6.07) is 6.68. The average Bonchev–Trinajstić information content (AvgIpc) is 2.28. The van der Waals surface area contributed by atoms with Crippen LogP contribution in [0.4, 0.5) is 4.39 Å². The fourth-order valence-electron chi connectivity index (χ4n) is 1.73. The van der Waals surface area contributed by atoms with Crippen molar-refractivity contribution in [1.82, 2.24) is 0 Å². The van der Waals surface area contributed by atoms with Crippen LogP contribution in [0.25, 0.3) is 0 Å². The lowest BCUT2D eigenvalue weighted by atomic mass is 9.99. The van der Waals surface area contributed by atoms with Gasteiger partial charge in [-0.25, -0.2) is 4.39 Å². The van der Waals surface area contributed by atoms with Gasteiger partial charge in [-0.2, -0.15) is 0 Å². The number of thioether (sulfide) groups is 1. The van der Waals surface area contributed by atoms with Crippen LogP contribution in [-0.4, -0.2) is 5.78 Å². The quantitative estimate of drug-likeness (QED) is 0.773. The molecule has 0 N–H and O–H groups in total. The first-order chi connectivity index (χ1) is 7.68. The van der Waals surface area contributed by atoms with E-state index in [0.29, 0.717) is 11.3 Å². The van der Waals surface area contributed by atoms with E-state index in [2.05, 4.69) is 0 Å². The van der Waals surface area contributed by atoms with Crippen LogP contribution in [0.5, 0.6) is 0 Å². The number of ketones is 1. The smallest absolute Gasteiger partial charge is 0.159 e. The first kappa shape index (κ1) is 11.4. The summed E-state index contributed by atoms with van der Waals surface area (Å²) in [4.78, 5) is 13.1. The lowest BCUT2D eigenvalue weighted by molar-refractivity contribution is -0.115. The molecular formula is C13H13FOS. The van der Waals surface area contributed by atoms with Crippen LogP contribution in [-0.2, 0) is 4.79 Å². The molecule has 0 saturated heterocycles. The van der Waals surface area contributed by atoms with E-state index in [4.69, 9.17) is 0 Å². The zero-order valence-corrected chi connectivity index (χ0v) is 9.94. The Morgan fingerprint density at radius 2 is 2.00 bits per heavy atom. The van der Waals surface area contributed by atoms with Gasteiger partial charge in [0.1, 0.15) is 5.82 Å². The molecule has 0 aliphatic heterocycles. The minimum Gasteiger partial charge on any atom is -0.295 e. The van der Waals surface area contributed by atoms with Crippen molar-refractivity contribution in [2.75, 3.05) is 0 Å². The summed E-state index contributed by atoms with van der Waals surface area (Å²) >= 11 is 1.39. The Morgan fingerprint density at radius 3 is 2.75 bits per heavy atom. The Labute approximate surface area is 98.7 Å². The first-order valence-corrected chi connectivity index (χ1v) is 6.15. The third kappa shape index (κ3) is 2.35. The van der Waals surface area contributed by atoms with E-state index in [0.717, 1.165) is 23.3 Å². The number of hydrogen-bond donors (Lipinski definition) is 0. The molecule has 84 valence electrons. The highest BCUT2D eigenvalue weighted by Crippen LogP contribution is 2.36. The van der Waals surface area contributed by atoms with Crippen molar-refractivity contribution in [3.8, 4) is 0 Å². The number of carbonyl (C=O) groups excluding carboxylic acids is 1. The van der Waals surface area contributed by atoms with Crippen molar-refractivity contribution >= 4 is 17.5 Å². The largest absolute Gasteiger partial charge is 0.295 e. The first-order valence-electron chi connectivity index (χ1n) is 5.34. The van der Waals surface area contributed by atoms with Gasteiger partial charge in [-0.1, -0.05) is 23.9 Å². The predicted molar refractivity (Wildman–Crippen MR) is 63.8 cm³/mol. The molecule has 3 heteroatoms. The van der Waals surface area contributed by atoms with Gasteiger partial charge in [0.25, 0.3) is 0 Å². The summed E-state index contributed by atoms with van der Waals surface area (Å²) in [5, 5.41) is 0. The second-order valence-corrected chi connectivity index (χ2v) is 4.99. The topological polar surface area (TPSA) is 17.1 Å². The Balaban J connectivity index is 2.25. The van der Waals surface area contributed by atoms with Crippen molar-refractivity contribution in [1.29, 1.82) is 0 Å². The van der Waals surface area contributed by atoms with Crippen molar-refractivity contribution in [2.45, 2.75) is 31.1 Å². The normalized spacial score (nSPS) is 16.8. The maximum absolute atomic E-state index is 13.4. The Hall–Kier alpha value is -1.09. The van der Waals surface area contributed by atoms with Crippen molar-refractivity contribution in [3.63, 3.8) is 0 Å². The third-order valence-electron chi connectivity index (χ3n) is 2.71. The molecule has 16 heavy (non-hydrogen) atoms. The molecule has 2 rings (SSSR count). The van der Waals surface area contributed by atoms with Crippen molar-refractivity contribution in [3.05, 3.63) is 40.6 Å². The number of rotatable bonds is 2. The van der Waals surface area contributed by atoms with Crippen LogP contribution in [0.2, 0.25) is 0 Å². The second-order valence-electron chi connectivity index (χ2n) is 3.86. The molecule has 1 aromatic carbocycles. The maximum atomic E-state index is 13.4. The van der Waals surface area contributed by atoms with Gasteiger partial charge in [-0.3, -0.25) is 4.79 Å². The van der Waals surface area contributed by atoms with Crippen molar-refractivity contribution < 1.29 is 9.18 Å². The highest BCUT2D eigenvalue weighted by molar-refractivity contribution is 8.03. The molecule has 0 radical (unpaired) electrons. The van der Waals surface area contributed by atoms with Crippen LogP contribution in [0.3, 0.4) is 0 Å². The standard InChI is InChI=1S/C13H13FOS/c1-9-11(15)6-4-8-12(9)16-13-7-3-2-5-10(13)14/h2-3,5,7H,4,6,8H2,1H3. The SMILES string of the molecule is CC1=C(Sc2ccccc2F)CCCC1=O. The minimum absolute atomic E-state index is 0.199. The van der Waals surface area contributed by atoms with E-state index in [1.165, 1.54) is 17.8 Å². The van der Waals surface area contributed by atoms with Crippen LogP contribution in [0.1, 0.15) is 26.2 Å². The van der Waals surface area contributed by atoms with E-state index in [9.17, 15) is 9.18 Å². The monoisotopic (exact) mass is 236 g/mol. The molecule has 0 amide bonds. The summed E-state index contributed by atoms with van der Waals surface area (Å²) in [7, 11) is 0. The predicted octanol–water partition coefficient (Wildman–Crippen LogP) is 3.94. The number of Topliss-reactive ketones (excluding diaryl/α,β-unsaturated/α-hetero) is 1. The number of carbonyl (C=O) groups is 1. The fourth-order valence-corrected chi connectivity index (χ4v) is 2.82. The van der Waals surface area contributed by atoms with Crippen molar-refractivity contribution in [2.24, 2.45) is 0 Å². The minimum atomic E-state index is -0.217. The van der Waals surface area contributed by atoms with Gasteiger partial charge in [-0.15, -0.1) is 0 Å². The summed E-state index contributed by atoms with van der Waals surface area (Å²) in [6.45, 7) is 1.84. The third-order valence-corrected chi connectivity index (χ3v) is 4.02. The Morgan fingerprint density at radius 1 is 1.25 bits per heavy atom. The summed E-state index contributed by atoms with van der Waals surface area (Å²) < 4.78 is 13.4. The van der Waals surface area contributed by atoms with E-state index in [1.807, 2.05) is 13.0 Å². The second kappa shape index (κ2) is 4.83. The maximum Gasteiger partial charge on any atom is 0.159 e. The molecule has 0 aromatic heterocycles. The number of allylic oxidation sites excluding steroid dienone is 2. The van der Waals surface area contributed by atoms with Gasteiger partial charge < -0.3 is 0 Å². The lowest BCUT2D eigenvalue weighted by Crippen LogP contribution is -2.07. The molecule has 0 fully saturated rings. The molecule has 0 spiro atoms. The molecule has 0 heterocycles. The number of benzene rings is 1. The van der Waals surface area contributed by atoms with E-state index >= 15 is 0 Å². The summed E-state index contributed by atoms with van der Waals surface area (Å²) in [6.07, 6.45) is 2.40. The van der Waals surface area contributed by atoms with E-state index < -0.39 is 0 Å². The number of halogens is 1. The van der Waals surface area contributed by atoms with Crippen LogP contribution in [0.15, 0.2) is 39.6 Å². The van der Waals surface area contributed by atoms with Gasteiger partial charge in [0.2, 0.25) is 0 Å². The molecular weight excluding hydrogens is 223 g/mol. The average molecular weight is 236 g/mol. The molecule has 1 aliphatic carbocycles. The molecule has 1 nitrogen and oxygen atoms in total. The van der Waals surface area contributed by atoms with Gasteiger partial charge >= 0.3 is 0 Å². The van der Waals surface area contributed by atoms with Crippen LogP contribution in [0, 0.1) is 5.82 Å². The van der Waals surface area contributed by atoms with Gasteiger partial charge in [0, 0.05) is 16.9 Å². The van der Waals surface area contributed by atoms with Gasteiger partial charge in [0.05, 0.1) is 0 Å². The molecule has 0 saturated carbocycles. The highest BCUT2D eigenvalue weighted by Gasteiger charge is 2.18. The van der Waals surface area contributed by atoms with E-state index in [1.54, 1.807) is 12.1 Å². The zero-order chi connectivity index (χ0) is 11.5. The molecule has 0 unspecified atom stereocenters. The molecule has 0 atom stereocenters. The summed E-state index contributed by atoms with van der Waals surface area (Å²) in [5.74, 6) is -0.0177. The molecule has 1 aliphatic rings. The number of hydrogen-bond acceptors (Lipinski definition) is 2. The van der Waals surface area contributed by atoms with E-state index in [-0.39, 0.29) is 11.6 Å². The molecule has 1 aromatic rings. The Kier molecular flexibility index (Phi) is 3.44. The summed E-state index contributed by atoms with van der Waals surface area (Å²) in [5.41, 5.74) is 0.805. The van der Waals surface area contributed by atoms with Crippen LogP contribution < -0.4 is 0 Å². The zero-order valence-electron chi connectivity index (χ0n) is 9.13. The van der Waals surface area contributed by atoms with Gasteiger partial charge in [0.15, 0.2) is 5.78 Å². The van der Waals surface area contributed by atoms with Gasteiger partial charge in [-0.05, 0) is 36.8 Å². The molecule has 0 bridgehead atoms. The Bertz CT molecular complexity index is 451. The fraction of sp³-hybridized carbons (Fsp3) is 0.308. The highest BCUT2D eigenvalue weighted by atomic mass is 32.2. The van der Waals surface area contributed by atoms with Crippen LogP contribution >= 0.6 is 11.8 Å². The lowest BCUT2D eigenvalue weighted by Gasteiger charge is -2.16.